The van der Waals surface area contributed by atoms with Crippen LogP contribution in [0.25, 0.3) is 0 Å². The molecule has 0 unspecified atom stereocenters. The van der Waals surface area contributed by atoms with Crippen LogP contribution >= 0.6 is 0 Å². The fourth-order valence-corrected chi connectivity index (χ4v) is 2.11. The molecule has 0 spiro atoms. The topological polar surface area (TPSA) is 82.7 Å². The van der Waals surface area contributed by atoms with E-state index < -0.39 is 5.97 Å². The maximum atomic E-state index is 10.8. The fraction of sp³-hybridized carbons (Fsp3) is 0.500. The highest BCUT2D eigenvalue weighted by molar-refractivity contribution is 5.89. The first-order valence-electron chi connectivity index (χ1n) is 6.00. The van der Waals surface area contributed by atoms with Crippen LogP contribution in [-0.4, -0.2) is 54.2 Å². The molecule has 0 atom stereocenters. The summed E-state index contributed by atoms with van der Waals surface area (Å²) >= 11 is 0. The summed E-state index contributed by atoms with van der Waals surface area (Å²) in [5.41, 5.74) is 6.45. The second-order valence-corrected chi connectivity index (χ2v) is 4.59. The van der Waals surface area contributed by atoms with Crippen LogP contribution in [0.2, 0.25) is 0 Å². The van der Waals surface area contributed by atoms with Gasteiger partial charge in [-0.05, 0) is 26.1 Å². The number of carboxylic acid groups (broad SMARTS) is 1. The van der Waals surface area contributed by atoms with Gasteiger partial charge in [0.15, 0.2) is 5.82 Å². The molecule has 3 N–H and O–H groups in total. The van der Waals surface area contributed by atoms with E-state index in [0.29, 0.717) is 11.5 Å². The summed E-state index contributed by atoms with van der Waals surface area (Å²) in [6.07, 6.45) is 2.42. The molecule has 1 aliphatic rings. The number of aromatic carboxylic acids is 1. The molecule has 6 heteroatoms. The van der Waals surface area contributed by atoms with Gasteiger partial charge in [-0.3, -0.25) is 0 Å². The maximum Gasteiger partial charge on any atom is 0.337 e. The monoisotopic (exact) mass is 250 g/mol. The van der Waals surface area contributed by atoms with E-state index in [1.54, 1.807) is 0 Å². The molecule has 0 bridgehead atoms. The fourth-order valence-electron chi connectivity index (χ4n) is 2.11. The summed E-state index contributed by atoms with van der Waals surface area (Å²) in [6.45, 7) is 3.78. The van der Waals surface area contributed by atoms with Crippen molar-refractivity contribution < 1.29 is 9.90 Å². The first-order valence-corrected chi connectivity index (χ1v) is 6.00. The zero-order valence-electron chi connectivity index (χ0n) is 10.5. The van der Waals surface area contributed by atoms with Crippen molar-refractivity contribution in [2.75, 3.05) is 43.9 Å². The van der Waals surface area contributed by atoms with Gasteiger partial charge in [0.25, 0.3) is 0 Å². The van der Waals surface area contributed by atoms with Gasteiger partial charge in [-0.1, -0.05) is 0 Å². The van der Waals surface area contributed by atoms with Crippen LogP contribution in [0.5, 0.6) is 0 Å². The van der Waals surface area contributed by atoms with Crippen LogP contribution in [0.4, 0.5) is 11.5 Å². The summed E-state index contributed by atoms with van der Waals surface area (Å²) in [7, 11) is 2.09. The van der Waals surface area contributed by atoms with E-state index in [2.05, 4.69) is 21.8 Å². The Balaban J connectivity index is 2.20. The predicted octanol–water partition coefficient (Wildman–Crippen LogP) is 0.504. The van der Waals surface area contributed by atoms with Gasteiger partial charge in [-0.25, -0.2) is 9.78 Å². The van der Waals surface area contributed by atoms with Crippen molar-refractivity contribution in [1.29, 1.82) is 0 Å². The highest BCUT2D eigenvalue weighted by Gasteiger charge is 2.17. The Kier molecular flexibility index (Phi) is 3.66. The third-order valence-electron chi connectivity index (χ3n) is 3.16. The molecule has 0 radical (unpaired) electrons. The van der Waals surface area contributed by atoms with Gasteiger partial charge in [-0.15, -0.1) is 0 Å². The van der Waals surface area contributed by atoms with E-state index in [1.165, 1.54) is 12.3 Å². The zero-order valence-corrected chi connectivity index (χ0v) is 10.5. The second-order valence-electron chi connectivity index (χ2n) is 4.59. The molecule has 0 aromatic carbocycles. The standard InChI is InChI=1S/C12H18N4O2/c1-15-3-2-4-16(6-5-15)11-10(13)7-9(8-14-11)12(17)18/h7-8H,2-6,13H2,1H3,(H,17,18). The molecule has 1 aromatic heterocycles. The highest BCUT2D eigenvalue weighted by Crippen LogP contribution is 2.22. The smallest absolute Gasteiger partial charge is 0.337 e. The minimum Gasteiger partial charge on any atom is -0.478 e. The number of nitrogens with zero attached hydrogens (tertiary/aromatic N) is 3. The minimum atomic E-state index is -1.00. The number of nitrogen functional groups attached to an aromatic ring is 1. The lowest BCUT2D eigenvalue weighted by Gasteiger charge is -2.23. The largest absolute Gasteiger partial charge is 0.478 e. The number of pyridine rings is 1. The molecule has 98 valence electrons. The summed E-state index contributed by atoms with van der Waals surface area (Å²) in [4.78, 5) is 19.4. The van der Waals surface area contributed by atoms with Crippen molar-refractivity contribution in [3.63, 3.8) is 0 Å². The van der Waals surface area contributed by atoms with E-state index in [1.807, 2.05) is 0 Å². The third kappa shape index (κ3) is 2.70. The maximum absolute atomic E-state index is 10.8. The summed E-state index contributed by atoms with van der Waals surface area (Å²) in [6, 6.07) is 1.47. The first-order chi connectivity index (χ1) is 8.58. The number of hydrogen-bond donors (Lipinski definition) is 2. The number of nitrogens with two attached hydrogens (primary N) is 1. The quantitative estimate of drug-likeness (QED) is 0.795. The predicted molar refractivity (Wildman–Crippen MR) is 69.9 cm³/mol. The van der Waals surface area contributed by atoms with Gasteiger partial charge in [0, 0.05) is 25.8 Å². The Morgan fingerprint density at radius 2 is 2.17 bits per heavy atom. The lowest BCUT2D eigenvalue weighted by Crippen LogP contribution is -2.30. The molecule has 0 aliphatic carbocycles. The summed E-state index contributed by atoms with van der Waals surface area (Å²) in [5, 5.41) is 8.87. The first kappa shape index (κ1) is 12.6. The number of carbonyl (C=O) groups is 1. The average molecular weight is 250 g/mol. The van der Waals surface area contributed by atoms with Gasteiger partial charge in [0.1, 0.15) is 0 Å². The summed E-state index contributed by atoms with van der Waals surface area (Å²) in [5.74, 6) is -0.313. The highest BCUT2D eigenvalue weighted by atomic mass is 16.4. The van der Waals surface area contributed by atoms with Gasteiger partial charge >= 0.3 is 5.97 Å². The summed E-state index contributed by atoms with van der Waals surface area (Å²) < 4.78 is 0. The number of likely N-dealkylation sites (N-methyl/N-ethyl adjacent to an activating group) is 1. The van der Waals surface area contributed by atoms with Crippen molar-refractivity contribution in [3.8, 4) is 0 Å². The van der Waals surface area contributed by atoms with Crippen LogP contribution in [-0.2, 0) is 0 Å². The van der Waals surface area contributed by atoms with Crippen LogP contribution in [0.15, 0.2) is 12.3 Å². The molecule has 2 heterocycles. The van der Waals surface area contributed by atoms with E-state index in [-0.39, 0.29) is 5.56 Å². The van der Waals surface area contributed by atoms with Crippen molar-refractivity contribution in [2.24, 2.45) is 0 Å². The molecular formula is C12H18N4O2. The lowest BCUT2D eigenvalue weighted by atomic mass is 10.2. The van der Waals surface area contributed by atoms with Crippen molar-refractivity contribution in [2.45, 2.75) is 6.42 Å². The van der Waals surface area contributed by atoms with E-state index in [0.717, 1.165) is 32.6 Å². The van der Waals surface area contributed by atoms with E-state index >= 15 is 0 Å². The number of hydrogen-bond acceptors (Lipinski definition) is 5. The molecule has 1 aromatic rings. The number of rotatable bonds is 2. The molecular weight excluding hydrogens is 232 g/mol. The molecule has 0 amide bonds. The Morgan fingerprint density at radius 3 is 2.83 bits per heavy atom. The Labute approximate surface area is 106 Å². The Morgan fingerprint density at radius 1 is 1.39 bits per heavy atom. The zero-order chi connectivity index (χ0) is 13.1. The molecule has 0 saturated carbocycles. The minimum absolute atomic E-state index is 0.128. The average Bonchev–Trinajstić information content (AvgIpc) is 2.54. The molecule has 1 aliphatic heterocycles. The number of carboxylic acids is 1. The van der Waals surface area contributed by atoms with Crippen molar-refractivity contribution in [1.82, 2.24) is 9.88 Å². The van der Waals surface area contributed by atoms with E-state index in [4.69, 9.17) is 10.8 Å². The Bertz CT molecular complexity index is 450. The number of anilines is 2. The van der Waals surface area contributed by atoms with Gasteiger partial charge < -0.3 is 20.6 Å². The normalized spacial score (nSPS) is 17.5. The van der Waals surface area contributed by atoms with Crippen LogP contribution in [0.1, 0.15) is 16.8 Å². The number of aromatic nitrogens is 1. The molecule has 1 saturated heterocycles. The van der Waals surface area contributed by atoms with Gasteiger partial charge in [0.2, 0.25) is 0 Å². The van der Waals surface area contributed by atoms with Crippen molar-refractivity contribution >= 4 is 17.5 Å². The molecule has 2 rings (SSSR count). The van der Waals surface area contributed by atoms with Crippen LogP contribution < -0.4 is 10.6 Å². The second kappa shape index (κ2) is 5.22. The van der Waals surface area contributed by atoms with E-state index in [9.17, 15) is 4.79 Å². The van der Waals surface area contributed by atoms with Crippen LogP contribution in [0.3, 0.4) is 0 Å². The van der Waals surface area contributed by atoms with Gasteiger partial charge in [0.05, 0.1) is 11.3 Å². The molecule has 6 nitrogen and oxygen atoms in total. The SMILES string of the molecule is CN1CCCN(c2ncc(C(=O)O)cc2N)CC1. The molecule has 18 heavy (non-hydrogen) atoms. The third-order valence-corrected chi connectivity index (χ3v) is 3.16. The molecule has 1 fully saturated rings. The van der Waals surface area contributed by atoms with Crippen LogP contribution in [0, 0.1) is 0 Å². The Hall–Kier alpha value is -1.82. The van der Waals surface area contributed by atoms with Crippen molar-refractivity contribution in [3.05, 3.63) is 17.8 Å². The van der Waals surface area contributed by atoms with Gasteiger partial charge in [-0.2, -0.15) is 0 Å². The lowest BCUT2D eigenvalue weighted by molar-refractivity contribution is 0.0696.